The van der Waals surface area contributed by atoms with E-state index in [1.54, 1.807) is 35.9 Å². The van der Waals surface area contributed by atoms with E-state index in [0.29, 0.717) is 22.8 Å². The molecule has 5 rings (SSSR count). The highest BCUT2D eigenvalue weighted by Crippen LogP contribution is 2.37. The lowest BCUT2D eigenvalue weighted by atomic mass is 10.0. The maximum absolute atomic E-state index is 13.7. The number of para-hydroxylation sites is 1. The van der Waals surface area contributed by atoms with Gasteiger partial charge in [-0.3, -0.25) is 14.2 Å². The van der Waals surface area contributed by atoms with Crippen LogP contribution in [0.25, 0.3) is 28.2 Å². The highest BCUT2D eigenvalue weighted by atomic mass is 19.4. The number of nitrogens with one attached hydrogen (secondary N) is 1. The number of benzene rings is 2. The molecule has 3 aromatic heterocycles. The second kappa shape index (κ2) is 9.08. The fourth-order valence-electron chi connectivity index (χ4n) is 4.10. The van der Waals surface area contributed by atoms with Crippen molar-refractivity contribution in [1.29, 1.82) is 0 Å². The monoisotopic (exact) mass is 505 g/mol. The molecule has 0 atom stereocenters. The summed E-state index contributed by atoms with van der Waals surface area (Å²) in [6, 6.07) is 14.0. The Kier molecular flexibility index (Phi) is 5.90. The minimum Gasteiger partial charge on any atom is -0.306 e. The summed E-state index contributed by atoms with van der Waals surface area (Å²) in [5, 5.41) is 15.9. The van der Waals surface area contributed by atoms with Gasteiger partial charge < -0.3 is 5.32 Å². The lowest BCUT2D eigenvalue weighted by molar-refractivity contribution is -0.137. The van der Waals surface area contributed by atoms with E-state index >= 15 is 0 Å². The van der Waals surface area contributed by atoms with Crippen molar-refractivity contribution in [3.05, 3.63) is 89.9 Å². The Morgan fingerprint density at radius 3 is 2.35 bits per heavy atom. The number of halogens is 3. The number of nitrogens with zero attached hydrogens (tertiary/aromatic N) is 6. The van der Waals surface area contributed by atoms with Crippen molar-refractivity contribution >= 4 is 11.7 Å². The lowest BCUT2D eigenvalue weighted by Crippen LogP contribution is -2.17. The number of alkyl halides is 3. The van der Waals surface area contributed by atoms with Crippen LogP contribution in [0, 0.1) is 6.92 Å². The Balaban J connectivity index is 1.58. The lowest BCUT2D eigenvalue weighted by Gasteiger charge is -2.14. The molecule has 3 heterocycles. The Morgan fingerprint density at radius 2 is 1.73 bits per heavy atom. The Morgan fingerprint density at radius 1 is 0.973 bits per heavy atom. The van der Waals surface area contributed by atoms with Gasteiger partial charge in [0.1, 0.15) is 11.5 Å². The topological polar surface area (TPSA) is 82.6 Å². The van der Waals surface area contributed by atoms with Gasteiger partial charge in [-0.25, -0.2) is 4.68 Å². The number of rotatable bonds is 5. The van der Waals surface area contributed by atoms with Gasteiger partial charge in [0.25, 0.3) is 5.91 Å². The molecule has 8 nitrogen and oxygen atoms in total. The minimum atomic E-state index is -4.61. The number of carbonyl (C=O) groups is 1. The highest BCUT2D eigenvalue weighted by Gasteiger charge is 2.35. The average Bonchev–Trinajstić information content (AvgIpc) is 3.58. The van der Waals surface area contributed by atoms with Crippen LogP contribution in [0.4, 0.5) is 19.0 Å². The van der Waals surface area contributed by atoms with Gasteiger partial charge in [0, 0.05) is 48.7 Å². The van der Waals surface area contributed by atoms with Gasteiger partial charge in [-0.15, -0.1) is 0 Å². The first-order valence-electron chi connectivity index (χ1n) is 11.3. The SMILES string of the molecule is Cc1c(-c2cnn(C)c2)nn(-c2ccccc2)c1NC(=O)c1ccc(C(F)(F)F)c(-c2ccn(C)n2)c1. The van der Waals surface area contributed by atoms with Gasteiger partial charge in [-0.1, -0.05) is 18.2 Å². The number of aromatic nitrogens is 6. The van der Waals surface area contributed by atoms with Crippen molar-refractivity contribution in [2.24, 2.45) is 14.1 Å². The van der Waals surface area contributed by atoms with Crippen LogP contribution in [0.15, 0.2) is 73.2 Å². The fraction of sp³-hybridized carbons (Fsp3) is 0.154. The third-order valence-electron chi connectivity index (χ3n) is 5.91. The summed E-state index contributed by atoms with van der Waals surface area (Å²) in [6.07, 6.45) is 0.420. The zero-order valence-corrected chi connectivity index (χ0v) is 20.2. The predicted molar refractivity (Wildman–Crippen MR) is 132 cm³/mol. The summed E-state index contributed by atoms with van der Waals surface area (Å²) >= 11 is 0. The van der Waals surface area contributed by atoms with Crippen LogP contribution in [0.5, 0.6) is 0 Å². The van der Waals surface area contributed by atoms with Crippen LogP contribution >= 0.6 is 0 Å². The van der Waals surface area contributed by atoms with Gasteiger partial charge in [0.2, 0.25) is 0 Å². The van der Waals surface area contributed by atoms with Crippen LogP contribution in [-0.2, 0) is 20.3 Å². The smallest absolute Gasteiger partial charge is 0.306 e. The molecule has 0 unspecified atom stereocenters. The van der Waals surface area contributed by atoms with Crippen molar-refractivity contribution in [3.8, 4) is 28.2 Å². The van der Waals surface area contributed by atoms with E-state index < -0.39 is 17.6 Å². The van der Waals surface area contributed by atoms with Gasteiger partial charge in [0.05, 0.1) is 23.1 Å². The Bertz CT molecular complexity index is 1600. The molecule has 0 bridgehead atoms. The van der Waals surface area contributed by atoms with Crippen LogP contribution in [-0.4, -0.2) is 35.2 Å². The van der Waals surface area contributed by atoms with E-state index in [2.05, 4.69) is 15.5 Å². The zero-order valence-electron chi connectivity index (χ0n) is 20.2. The van der Waals surface area contributed by atoms with E-state index in [-0.39, 0.29) is 16.8 Å². The van der Waals surface area contributed by atoms with E-state index in [1.807, 2.05) is 43.5 Å². The summed E-state index contributed by atoms with van der Waals surface area (Å²) in [7, 11) is 3.40. The average molecular weight is 506 g/mol. The van der Waals surface area contributed by atoms with Crippen LogP contribution < -0.4 is 5.32 Å². The van der Waals surface area contributed by atoms with E-state index in [4.69, 9.17) is 5.10 Å². The molecule has 0 aliphatic heterocycles. The number of carbonyl (C=O) groups excluding carboxylic acids is 1. The molecule has 0 spiro atoms. The van der Waals surface area contributed by atoms with Crippen molar-refractivity contribution < 1.29 is 18.0 Å². The van der Waals surface area contributed by atoms with Gasteiger partial charge in [-0.2, -0.15) is 28.5 Å². The molecular weight excluding hydrogens is 483 g/mol. The van der Waals surface area contributed by atoms with Crippen molar-refractivity contribution in [2.75, 3.05) is 5.32 Å². The van der Waals surface area contributed by atoms with E-state index in [1.165, 1.54) is 16.8 Å². The predicted octanol–water partition coefficient (Wildman–Crippen LogP) is 5.25. The fourth-order valence-corrected chi connectivity index (χ4v) is 4.10. The molecule has 0 fully saturated rings. The molecule has 2 aromatic carbocycles. The largest absolute Gasteiger partial charge is 0.417 e. The molecule has 188 valence electrons. The summed E-state index contributed by atoms with van der Waals surface area (Å²) < 4.78 is 45.8. The summed E-state index contributed by atoms with van der Waals surface area (Å²) in [5.74, 6) is -0.182. The third kappa shape index (κ3) is 4.63. The molecule has 37 heavy (non-hydrogen) atoms. The first kappa shape index (κ1) is 24.0. The first-order valence-corrected chi connectivity index (χ1v) is 11.3. The van der Waals surface area contributed by atoms with Crippen LogP contribution in [0.1, 0.15) is 21.5 Å². The molecule has 0 saturated heterocycles. The molecule has 0 aliphatic rings. The van der Waals surface area contributed by atoms with Crippen molar-refractivity contribution in [1.82, 2.24) is 29.3 Å². The maximum atomic E-state index is 13.7. The molecule has 0 radical (unpaired) electrons. The van der Waals surface area contributed by atoms with Gasteiger partial charge >= 0.3 is 6.18 Å². The normalized spacial score (nSPS) is 11.6. The van der Waals surface area contributed by atoms with Gasteiger partial charge in [-0.05, 0) is 43.3 Å². The summed E-state index contributed by atoms with van der Waals surface area (Å²) in [4.78, 5) is 13.4. The van der Waals surface area contributed by atoms with E-state index in [0.717, 1.165) is 17.7 Å². The quantitative estimate of drug-likeness (QED) is 0.354. The molecule has 0 aliphatic carbocycles. The molecular formula is C26H22F3N7O. The second-order valence-electron chi connectivity index (χ2n) is 8.56. The molecule has 0 saturated carbocycles. The summed E-state index contributed by atoms with van der Waals surface area (Å²) in [5.41, 5.74) is 1.90. The number of hydrogen-bond acceptors (Lipinski definition) is 4. The molecule has 1 amide bonds. The van der Waals surface area contributed by atoms with Crippen molar-refractivity contribution in [3.63, 3.8) is 0 Å². The molecule has 1 N–H and O–H groups in total. The second-order valence-corrected chi connectivity index (χ2v) is 8.56. The number of aryl methyl sites for hydroxylation is 2. The summed E-state index contributed by atoms with van der Waals surface area (Å²) in [6.45, 7) is 1.82. The Labute approximate surface area is 210 Å². The third-order valence-corrected chi connectivity index (χ3v) is 5.91. The molecule has 5 aromatic rings. The minimum absolute atomic E-state index is 0.0526. The number of anilines is 1. The highest BCUT2D eigenvalue weighted by molar-refractivity contribution is 6.05. The van der Waals surface area contributed by atoms with Gasteiger partial charge in [0.15, 0.2) is 0 Å². The first-order chi connectivity index (χ1) is 17.6. The van der Waals surface area contributed by atoms with Crippen LogP contribution in [0.3, 0.4) is 0 Å². The standard InChI is InChI=1S/C26H22F3N7O/c1-16-23(18-14-30-35(3)15-18)33-36(19-7-5-4-6-8-19)24(16)31-25(37)17-9-10-21(26(27,28)29)20(13-17)22-11-12-34(2)32-22/h4-15H,1-3H3,(H,31,37). The van der Waals surface area contributed by atoms with E-state index in [9.17, 15) is 18.0 Å². The maximum Gasteiger partial charge on any atom is 0.417 e. The van der Waals surface area contributed by atoms with Crippen LogP contribution in [0.2, 0.25) is 0 Å². The van der Waals surface area contributed by atoms with Crippen molar-refractivity contribution in [2.45, 2.75) is 13.1 Å². The zero-order chi connectivity index (χ0) is 26.3. The number of amides is 1. The Hall–Kier alpha value is -4.67. The molecule has 11 heteroatoms. The number of hydrogen-bond donors (Lipinski definition) is 1.